The second-order valence-corrected chi connectivity index (χ2v) is 5.28. The van der Waals surface area contributed by atoms with Crippen molar-refractivity contribution in [2.75, 3.05) is 0 Å². The van der Waals surface area contributed by atoms with Gasteiger partial charge in [0.25, 0.3) is 5.89 Å². The molecular weight excluding hydrogens is 313 g/mol. The minimum absolute atomic E-state index is 0.139. The number of aromatic nitrogens is 5. The van der Waals surface area contributed by atoms with Gasteiger partial charge in [-0.25, -0.2) is 9.18 Å². The summed E-state index contributed by atoms with van der Waals surface area (Å²) in [5, 5.41) is 3.84. The topological polar surface area (TPSA) is 100 Å². The van der Waals surface area contributed by atoms with E-state index in [0.717, 1.165) is 12.0 Å². The molecule has 0 bridgehead atoms. The van der Waals surface area contributed by atoms with Gasteiger partial charge in [-0.15, -0.1) is 0 Å². The van der Waals surface area contributed by atoms with E-state index in [0.29, 0.717) is 16.6 Å². The number of aryl methyl sites for hydroxylation is 1. The molecule has 0 saturated carbocycles. The zero-order chi connectivity index (χ0) is 16.7. The summed E-state index contributed by atoms with van der Waals surface area (Å²) in [7, 11) is 0. The first-order chi connectivity index (χ1) is 11.7. The van der Waals surface area contributed by atoms with E-state index in [1.807, 2.05) is 13.0 Å². The first-order valence-corrected chi connectivity index (χ1v) is 7.34. The molecule has 0 aliphatic carbocycles. The first kappa shape index (κ1) is 14.3. The number of H-pyrrole nitrogens is 2. The summed E-state index contributed by atoms with van der Waals surface area (Å²) in [6.07, 6.45) is 3.75. The van der Waals surface area contributed by atoms with Crippen LogP contribution >= 0.6 is 0 Å². The van der Waals surface area contributed by atoms with Crippen LogP contribution in [0, 0.1) is 5.82 Å². The van der Waals surface area contributed by atoms with Crippen molar-refractivity contribution in [3.8, 4) is 22.8 Å². The number of hydrogen-bond acceptors (Lipinski definition) is 5. The maximum atomic E-state index is 14.2. The molecular formula is C16H12FN5O2. The zero-order valence-corrected chi connectivity index (χ0v) is 12.6. The normalized spacial score (nSPS) is 11.2. The van der Waals surface area contributed by atoms with Gasteiger partial charge in [-0.05, 0) is 24.1 Å². The Kier molecular flexibility index (Phi) is 3.23. The molecule has 0 amide bonds. The Balaban J connectivity index is 1.81. The summed E-state index contributed by atoms with van der Waals surface area (Å²) in [4.78, 5) is 25.0. The third-order valence-corrected chi connectivity index (χ3v) is 3.77. The largest absolute Gasteiger partial charge is 0.333 e. The smallest absolute Gasteiger partial charge is 0.323 e. The third kappa shape index (κ3) is 2.28. The molecule has 0 aliphatic rings. The number of halogens is 1. The van der Waals surface area contributed by atoms with Crippen LogP contribution in [0.1, 0.15) is 12.5 Å². The number of nitrogens with one attached hydrogen (secondary N) is 2. The van der Waals surface area contributed by atoms with Gasteiger partial charge in [0, 0.05) is 6.20 Å². The summed E-state index contributed by atoms with van der Waals surface area (Å²) in [6, 6.07) is 4.90. The number of benzene rings is 1. The first-order valence-electron chi connectivity index (χ1n) is 7.34. The highest BCUT2D eigenvalue weighted by Gasteiger charge is 2.17. The quantitative estimate of drug-likeness (QED) is 0.603. The highest BCUT2D eigenvalue weighted by Crippen LogP contribution is 2.27. The molecule has 0 atom stereocenters. The molecule has 120 valence electrons. The number of aromatic amines is 2. The summed E-state index contributed by atoms with van der Waals surface area (Å²) < 4.78 is 19.4. The SMILES string of the molecule is CCc1ccc(-c2noc(-c3cncc4[nH]c(=O)[nH]c34)n2)c(F)c1. The zero-order valence-electron chi connectivity index (χ0n) is 12.6. The number of hydrogen-bond donors (Lipinski definition) is 2. The second kappa shape index (κ2) is 5.41. The average Bonchev–Trinajstić information content (AvgIpc) is 3.19. The Hall–Kier alpha value is -3.29. The Morgan fingerprint density at radius 3 is 2.88 bits per heavy atom. The Labute approximate surface area is 134 Å². The van der Waals surface area contributed by atoms with Crippen molar-refractivity contribution in [1.82, 2.24) is 25.1 Å². The predicted octanol–water partition coefficient (Wildman–Crippen LogP) is 2.67. The van der Waals surface area contributed by atoms with Gasteiger partial charge < -0.3 is 14.5 Å². The minimum Gasteiger partial charge on any atom is -0.333 e. The lowest BCUT2D eigenvalue weighted by atomic mass is 10.1. The third-order valence-electron chi connectivity index (χ3n) is 3.77. The van der Waals surface area contributed by atoms with E-state index < -0.39 is 5.82 Å². The Bertz CT molecular complexity index is 1100. The van der Waals surface area contributed by atoms with Crippen LogP contribution in [-0.2, 0) is 6.42 Å². The number of imidazole rings is 1. The van der Waals surface area contributed by atoms with Crippen molar-refractivity contribution in [2.45, 2.75) is 13.3 Å². The molecule has 4 rings (SSSR count). The molecule has 2 N–H and O–H groups in total. The second-order valence-electron chi connectivity index (χ2n) is 5.28. The van der Waals surface area contributed by atoms with E-state index in [1.165, 1.54) is 18.5 Å². The summed E-state index contributed by atoms with van der Waals surface area (Å²) in [6.45, 7) is 1.95. The van der Waals surface area contributed by atoms with Crippen molar-refractivity contribution in [2.24, 2.45) is 0 Å². The number of nitrogens with zero attached hydrogens (tertiary/aromatic N) is 3. The van der Waals surface area contributed by atoms with Crippen molar-refractivity contribution in [3.63, 3.8) is 0 Å². The van der Waals surface area contributed by atoms with E-state index in [-0.39, 0.29) is 23.0 Å². The molecule has 0 fully saturated rings. The molecule has 0 saturated heterocycles. The van der Waals surface area contributed by atoms with Crippen LogP contribution < -0.4 is 5.69 Å². The van der Waals surface area contributed by atoms with Crippen molar-refractivity contribution < 1.29 is 8.91 Å². The van der Waals surface area contributed by atoms with Gasteiger partial charge in [0.2, 0.25) is 5.82 Å². The van der Waals surface area contributed by atoms with Gasteiger partial charge in [0.15, 0.2) is 0 Å². The van der Waals surface area contributed by atoms with Crippen LogP contribution in [0.15, 0.2) is 39.9 Å². The summed E-state index contributed by atoms with van der Waals surface area (Å²) >= 11 is 0. The molecule has 24 heavy (non-hydrogen) atoms. The van der Waals surface area contributed by atoms with Crippen LogP contribution in [0.4, 0.5) is 4.39 Å². The standard InChI is InChI=1S/C16H12FN5O2/c1-2-8-3-4-9(11(17)5-8)14-21-15(24-22-14)10-6-18-7-12-13(10)20-16(23)19-12/h3-7H,2H2,1H3,(H2,19,20,23). The molecule has 0 unspecified atom stereocenters. The molecule has 8 heteroatoms. The molecule has 0 aliphatic heterocycles. The van der Waals surface area contributed by atoms with E-state index in [2.05, 4.69) is 25.1 Å². The number of pyridine rings is 1. The van der Waals surface area contributed by atoms with E-state index in [9.17, 15) is 9.18 Å². The Morgan fingerprint density at radius 1 is 1.21 bits per heavy atom. The fourth-order valence-corrected chi connectivity index (χ4v) is 2.52. The Morgan fingerprint density at radius 2 is 2.08 bits per heavy atom. The lowest BCUT2D eigenvalue weighted by Crippen LogP contribution is -1.99. The van der Waals surface area contributed by atoms with Gasteiger partial charge in [-0.3, -0.25) is 4.98 Å². The van der Waals surface area contributed by atoms with Gasteiger partial charge in [0.05, 0.1) is 28.4 Å². The molecule has 7 nitrogen and oxygen atoms in total. The van der Waals surface area contributed by atoms with Gasteiger partial charge in [-0.1, -0.05) is 18.1 Å². The molecule has 1 aromatic carbocycles. The van der Waals surface area contributed by atoms with Crippen LogP contribution in [-0.4, -0.2) is 25.1 Å². The van der Waals surface area contributed by atoms with Crippen molar-refractivity contribution >= 4 is 11.0 Å². The maximum absolute atomic E-state index is 14.2. The number of rotatable bonds is 3. The maximum Gasteiger partial charge on any atom is 0.323 e. The fourth-order valence-electron chi connectivity index (χ4n) is 2.52. The van der Waals surface area contributed by atoms with Gasteiger partial charge >= 0.3 is 5.69 Å². The predicted molar refractivity (Wildman–Crippen MR) is 84.8 cm³/mol. The monoisotopic (exact) mass is 325 g/mol. The van der Waals surface area contributed by atoms with E-state index in [4.69, 9.17) is 4.52 Å². The molecule has 3 aromatic heterocycles. The average molecular weight is 325 g/mol. The highest BCUT2D eigenvalue weighted by atomic mass is 19.1. The molecule has 0 spiro atoms. The lowest BCUT2D eigenvalue weighted by Gasteiger charge is -2.00. The van der Waals surface area contributed by atoms with E-state index in [1.54, 1.807) is 6.07 Å². The number of fused-ring (bicyclic) bond motifs is 1. The fraction of sp³-hybridized carbons (Fsp3) is 0.125. The van der Waals surface area contributed by atoms with Gasteiger partial charge in [-0.2, -0.15) is 4.98 Å². The molecule has 4 aromatic rings. The van der Waals surface area contributed by atoms with Gasteiger partial charge in [0.1, 0.15) is 5.82 Å². The minimum atomic E-state index is -0.409. The molecule has 3 heterocycles. The van der Waals surface area contributed by atoms with E-state index >= 15 is 0 Å². The summed E-state index contributed by atoms with van der Waals surface area (Å²) in [5.41, 5.74) is 2.28. The molecule has 0 radical (unpaired) electrons. The van der Waals surface area contributed by atoms with Crippen LogP contribution in [0.3, 0.4) is 0 Å². The van der Waals surface area contributed by atoms with Crippen LogP contribution in [0.25, 0.3) is 33.9 Å². The van der Waals surface area contributed by atoms with Crippen molar-refractivity contribution in [1.29, 1.82) is 0 Å². The summed E-state index contributed by atoms with van der Waals surface area (Å²) in [5.74, 6) is -0.120. The lowest BCUT2D eigenvalue weighted by molar-refractivity contribution is 0.432. The van der Waals surface area contributed by atoms with Crippen LogP contribution in [0.2, 0.25) is 0 Å². The van der Waals surface area contributed by atoms with Crippen molar-refractivity contribution in [3.05, 3.63) is 52.5 Å². The highest BCUT2D eigenvalue weighted by molar-refractivity contribution is 5.88. The van der Waals surface area contributed by atoms with Crippen LogP contribution in [0.5, 0.6) is 0 Å².